The van der Waals surface area contributed by atoms with Gasteiger partial charge < -0.3 is 10.5 Å². The van der Waals surface area contributed by atoms with Crippen molar-refractivity contribution in [2.45, 2.75) is 48.1 Å². The number of hydrogen-bond donors (Lipinski definition) is 1. The molecule has 0 radical (unpaired) electrons. The van der Waals surface area contributed by atoms with Gasteiger partial charge in [-0.2, -0.15) is 0 Å². The lowest BCUT2D eigenvalue weighted by atomic mass is 10.0. The molecule has 1 aromatic carbocycles. The summed E-state index contributed by atoms with van der Waals surface area (Å²) in [4.78, 5) is 21.8. The van der Waals surface area contributed by atoms with Crippen LogP contribution < -0.4 is 5.73 Å². The molecular formula is C34H35N5OS5. The minimum Gasteiger partial charge on any atom is -0.474 e. The second-order valence-electron chi connectivity index (χ2n) is 10.3. The molecule has 2 N–H and O–H groups in total. The maximum absolute atomic E-state index is 6.55. The zero-order valence-corrected chi connectivity index (χ0v) is 29.4. The lowest BCUT2D eigenvalue weighted by Crippen LogP contribution is -2.04. The van der Waals surface area contributed by atoms with Gasteiger partial charge >= 0.3 is 0 Å². The molecule has 0 saturated carbocycles. The van der Waals surface area contributed by atoms with Crippen molar-refractivity contribution in [2.24, 2.45) is 4.99 Å². The number of unbranched alkanes of at least 4 members (excludes halogenated alkanes) is 2. The van der Waals surface area contributed by atoms with E-state index in [0.717, 1.165) is 68.8 Å². The highest BCUT2D eigenvalue weighted by Gasteiger charge is 2.21. The van der Waals surface area contributed by atoms with Crippen molar-refractivity contribution in [3.05, 3.63) is 71.7 Å². The van der Waals surface area contributed by atoms with Gasteiger partial charge in [0.25, 0.3) is 0 Å². The predicted octanol–water partition coefficient (Wildman–Crippen LogP) is 10.5. The summed E-state index contributed by atoms with van der Waals surface area (Å²) in [5.41, 5.74) is 12.5. The third-order valence-electron chi connectivity index (χ3n) is 7.02. The number of anilines is 1. The van der Waals surface area contributed by atoms with Crippen molar-refractivity contribution in [2.75, 3.05) is 30.4 Å². The van der Waals surface area contributed by atoms with Gasteiger partial charge in [0.05, 0.1) is 27.0 Å². The number of ether oxygens (including phenoxy) is 1. The summed E-state index contributed by atoms with van der Waals surface area (Å²) in [6, 6.07) is 20.7. The van der Waals surface area contributed by atoms with Crippen molar-refractivity contribution >= 4 is 89.7 Å². The molecule has 0 saturated heterocycles. The van der Waals surface area contributed by atoms with E-state index in [2.05, 4.69) is 71.7 Å². The number of thiazole rings is 1. The molecule has 1 aliphatic rings. The number of aliphatic imine (C=N–C) groups is 1. The van der Waals surface area contributed by atoms with Gasteiger partial charge in [-0.1, -0.05) is 86.2 Å². The van der Waals surface area contributed by atoms with Gasteiger partial charge in [-0.05, 0) is 59.4 Å². The molecule has 6 nitrogen and oxygen atoms in total. The van der Waals surface area contributed by atoms with Gasteiger partial charge in [-0.15, -0.1) is 34.4 Å². The first kappa shape index (κ1) is 32.0. The molecule has 1 aliphatic heterocycles. The Morgan fingerprint density at radius 3 is 2.38 bits per heavy atom. The van der Waals surface area contributed by atoms with Crippen LogP contribution in [0.5, 0.6) is 0 Å². The lowest BCUT2D eigenvalue weighted by Gasteiger charge is -2.08. The Labute approximate surface area is 284 Å². The van der Waals surface area contributed by atoms with E-state index in [4.69, 9.17) is 20.4 Å². The molecule has 0 bridgehead atoms. The fraction of sp³-hybridized carbons (Fsp3) is 0.294. The molecule has 232 valence electrons. The Morgan fingerprint density at radius 1 is 0.844 bits per heavy atom. The van der Waals surface area contributed by atoms with Crippen LogP contribution in [0, 0.1) is 0 Å². The number of pyridine rings is 2. The highest BCUT2D eigenvalue weighted by molar-refractivity contribution is 8.01. The molecule has 0 aliphatic carbocycles. The third kappa shape index (κ3) is 7.72. The molecule has 45 heavy (non-hydrogen) atoms. The van der Waals surface area contributed by atoms with Crippen LogP contribution in [-0.2, 0) is 4.74 Å². The Bertz CT molecular complexity index is 1880. The number of thioether (sulfide) groups is 2. The van der Waals surface area contributed by atoms with Gasteiger partial charge in [0.1, 0.15) is 27.5 Å². The molecule has 0 unspecified atom stereocenters. The fourth-order valence-electron chi connectivity index (χ4n) is 4.69. The fourth-order valence-corrected chi connectivity index (χ4v) is 10.00. The van der Waals surface area contributed by atoms with E-state index < -0.39 is 0 Å². The zero-order valence-electron chi connectivity index (χ0n) is 25.3. The summed E-state index contributed by atoms with van der Waals surface area (Å²) >= 11 is 8.78. The van der Waals surface area contributed by atoms with Crippen LogP contribution in [0.1, 0.15) is 45.2 Å². The van der Waals surface area contributed by atoms with Gasteiger partial charge in [0.15, 0.2) is 4.34 Å². The molecule has 0 fully saturated rings. The monoisotopic (exact) mass is 689 g/mol. The lowest BCUT2D eigenvalue weighted by molar-refractivity contribution is 0.347. The molecule has 5 aromatic heterocycles. The Kier molecular flexibility index (Phi) is 11.1. The summed E-state index contributed by atoms with van der Waals surface area (Å²) in [5.74, 6) is 2.86. The number of rotatable bonds is 11. The number of benzene rings is 1. The van der Waals surface area contributed by atoms with Gasteiger partial charge in [-0.25, -0.2) is 19.9 Å². The quantitative estimate of drug-likeness (QED) is 0.107. The molecule has 6 heterocycles. The van der Waals surface area contributed by atoms with E-state index in [-0.39, 0.29) is 0 Å². The second kappa shape index (κ2) is 15.6. The van der Waals surface area contributed by atoms with E-state index in [1.165, 1.54) is 30.6 Å². The van der Waals surface area contributed by atoms with Crippen molar-refractivity contribution in [3.63, 3.8) is 0 Å². The molecule has 0 atom stereocenters. The van der Waals surface area contributed by atoms with E-state index in [0.29, 0.717) is 19.0 Å². The zero-order chi connectivity index (χ0) is 31.0. The Morgan fingerprint density at radius 2 is 1.64 bits per heavy atom. The topological polar surface area (TPSA) is 86.3 Å². The van der Waals surface area contributed by atoms with Gasteiger partial charge in [0, 0.05) is 11.1 Å². The van der Waals surface area contributed by atoms with Crippen molar-refractivity contribution < 1.29 is 4.74 Å². The number of nitrogen functional groups attached to an aromatic ring is 1. The molecular weight excluding hydrogens is 655 g/mol. The smallest absolute Gasteiger partial charge is 0.235 e. The van der Waals surface area contributed by atoms with Crippen LogP contribution in [0.3, 0.4) is 0 Å². The summed E-state index contributed by atoms with van der Waals surface area (Å²) in [7, 11) is 0. The van der Waals surface area contributed by atoms with Crippen molar-refractivity contribution in [1.82, 2.24) is 15.0 Å². The average molecular weight is 690 g/mol. The number of fused-ring (bicyclic) bond motifs is 2. The Balaban J connectivity index is 0.000000167. The maximum atomic E-state index is 6.55. The third-order valence-corrected chi connectivity index (χ3v) is 12.6. The number of nitrogens with two attached hydrogens (primary N) is 1. The van der Waals surface area contributed by atoms with Crippen LogP contribution in [0.4, 0.5) is 5.69 Å². The average Bonchev–Trinajstić information content (AvgIpc) is 3.89. The highest BCUT2D eigenvalue weighted by atomic mass is 32.2. The molecule has 0 spiro atoms. The minimum atomic E-state index is 0.625. The van der Waals surface area contributed by atoms with Crippen molar-refractivity contribution in [1.29, 1.82) is 0 Å². The Hall–Kier alpha value is -2.96. The number of thiophene rings is 2. The number of aromatic nitrogens is 3. The predicted molar refractivity (Wildman–Crippen MR) is 199 cm³/mol. The molecule has 7 rings (SSSR count). The largest absolute Gasteiger partial charge is 0.474 e. The first-order chi connectivity index (χ1) is 22.1. The normalized spacial score (nSPS) is 12.7. The standard InChI is InChI=1S/C20H21N3OS2.C14H14N2S3/c1-2-3-11-25-20-17(21)16-14(13-7-5-4-6-8-13)12-15(23-19(16)26-20)18-22-9-10-24-18;1-2-3-8-18-14-16-11-7-6-10(15-13(11)19-14)12-5-4-9-17-12/h4-8,12H,2-3,9-11,21H2,1H3;4-7,9H,2-3,8H2,1H3. The summed E-state index contributed by atoms with van der Waals surface area (Å²) in [5, 5.41) is 3.13. The summed E-state index contributed by atoms with van der Waals surface area (Å²) in [6.45, 7) is 5.74. The van der Waals surface area contributed by atoms with Crippen molar-refractivity contribution in [3.8, 4) is 21.7 Å². The van der Waals surface area contributed by atoms with E-state index in [9.17, 15) is 0 Å². The number of nitrogens with zero attached hydrogens (tertiary/aromatic N) is 4. The molecule has 0 amide bonds. The summed E-state index contributed by atoms with van der Waals surface area (Å²) < 4.78 is 7.95. The first-order valence-corrected chi connectivity index (χ1v) is 19.7. The maximum Gasteiger partial charge on any atom is 0.235 e. The molecule has 11 heteroatoms. The van der Waals surface area contributed by atoms with Gasteiger partial charge in [0.2, 0.25) is 5.90 Å². The second-order valence-corrected chi connectivity index (χ2v) is 16.0. The van der Waals surface area contributed by atoms with Crippen LogP contribution >= 0.6 is 57.5 Å². The van der Waals surface area contributed by atoms with Crippen LogP contribution in [0.2, 0.25) is 0 Å². The van der Waals surface area contributed by atoms with Crippen LogP contribution in [0.25, 0.3) is 42.3 Å². The molecule has 6 aromatic rings. The first-order valence-electron chi connectivity index (χ1n) is 15.2. The van der Waals surface area contributed by atoms with Gasteiger partial charge in [-0.3, -0.25) is 0 Å². The van der Waals surface area contributed by atoms with E-state index in [1.807, 2.05) is 41.7 Å². The van der Waals surface area contributed by atoms with Crippen LogP contribution in [-0.4, -0.2) is 45.5 Å². The van der Waals surface area contributed by atoms with E-state index in [1.54, 1.807) is 34.0 Å². The number of hydrogen-bond acceptors (Lipinski definition) is 11. The minimum absolute atomic E-state index is 0.625. The van der Waals surface area contributed by atoms with Crippen LogP contribution in [0.15, 0.2) is 79.6 Å². The SMILES string of the molecule is CCCCSc1nc2ccc(-c3cccs3)nc2s1.CCCCSc1sc2nc(C3=NCCO3)cc(-c3ccccc3)c2c1N. The van der Waals surface area contributed by atoms with E-state index >= 15 is 0 Å². The summed E-state index contributed by atoms with van der Waals surface area (Å²) in [6.07, 6.45) is 4.85. The highest BCUT2D eigenvalue weighted by Crippen LogP contribution is 2.44.